The summed E-state index contributed by atoms with van der Waals surface area (Å²) in [7, 11) is 0.754. The smallest absolute Gasteiger partial charge is 0.124 e. The van der Waals surface area contributed by atoms with E-state index in [1.54, 1.807) is 11.0 Å². The van der Waals surface area contributed by atoms with E-state index in [0.29, 0.717) is 6.73 Å². The second-order valence-electron chi connectivity index (χ2n) is 9.98. The minimum atomic E-state index is -1.17. The number of benzene rings is 2. The molecule has 3 heterocycles. The fraction of sp³-hybridized carbons (Fsp3) is 0.259. The molecule has 0 aliphatic heterocycles. The quantitative estimate of drug-likeness (QED) is 0.204. The van der Waals surface area contributed by atoms with Gasteiger partial charge in [0.2, 0.25) is 0 Å². The van der Waals surface area contributed by atoms with E-state index < -0.39 is 8.07 Å². The lowest BCUT2D eigenvalue weighted by molar-refractivity contribution is 0.0882. The van der Waals surface area contributed by atoms with E-state index >= 15 is 0 Å². The average Bonchev–Trinajstić information content (AvgIpc) is 3.47. The number of hydrogen-bond acceptors (Lipinski definition) is 5. The molecule has 7 nitrogen and oxygen atoms in total. The van der Waals surface area contributed by atoms with E-state index in [0.717, 1.165) is 57.3 Å². The predicted molar refractivity (Wildman–Crippen MR) is 143 cm³/mol. The number of ether oxygens (including phenoxy) is 1. The Kier molecular flexibility index (Phi) is 6.32. The Hall–Kier alpha value is -3.62. The molecule has 0 spiro atoms. The highest BCUT2D eigenvalue weighted by Crippen LogP contribution is 2.35. The normalized spacial score (nSPS) is 11.9. The molecular weight excluding hydrogens is 452 g/mol. The van der Waals surface area contributed by atoms with Gasteiger partial charge in [0.15, 0.2) is 0 Å². The zero-order valence-electron chi connectivity index (χ0n) is 20.6. The van der Waals surface area contributed by atoms with Crippen LogP contribution in [0.15, 0.2) is 73.6 Å². The van der Waals surface area contributed by atoms with Crippen molar-refractivity contribution in [3.8, 4) is 33.8 Å². The van der Waals surface area contributed by atoms with Crippen molar-refractivity contribution in [1.82, 2.24) is 29.3 Å². The third kappa shape index (κ3) is 5.08. The minimum Gasteiger partial charge on any atom is -0.361 e. The van der Waals surface area contributed by atoms with Gasteiger partial charge in [-0.25, -0.2) is 15.0 Å². The summed E-state index contributed by atoms with van der Waals surface area (Å²) in [4.78, 5) is 14.1. The van der Waals surface area contributed by atoms with E-state index in [1.165, 1.54) is 0 Å². The number of rotatable bonds is 8. The first-order valence-electron chi connectivity index (χ1n) is 11.8. The first-order valence-corrected chi connectivity index (χ1v) is 15.5. The van der Waals surface area contributed by atoms with Crippen LogP contribution in [-0.4, -0.2) is 44.0 Å². The van der Waals surface area contributed by atoms with Gasteiger partial charge in [-0.15, -0.1) is 0 Å². The van der Waals surface area contributed by atoms with Gasteiger partial charge in [0, 0.05) is 44.4 Å². The van der Waals surface area contributed by atoms with E-state index in [9.17, 15) is 0 Å². The average molecular weight is 483 g/mol. The third-order valence-corrected chi connectivity index (χ3v) is 7.71. The number of hydrogen-bond donors (Lipinski definition) is 0. The summed E-state index contributed by atoms with van der Waals surface area (Å²) in [5, 5.41) is 5.27. The van der Waals surface area contributed by atoms with E-state index in [2.05, 4.69) is 64.6 Å². The largest absolute Gasteiger partial charge is 0.361 e. The topological polar surface area (TPSA) is 70.7 Å². The molecule has 0 fully saturated rings. The monoisotopic (exact) mass is 482 g/mol. The van der Waals surface area contributed by atoms with Crippen molar-refractivity contribution in [2.75, 3.05) is 6.61 Å². The van der Waals surface area contributed by atoms with Crippen molar-refractivity contribution < 1.29 is 4.74 Å². The molecule has 5 rings (SSSR count). The molecule has 0 N–H and O–H groups in total. The van der Waals surface area contributed by atoms with Crippen LogP contribution in [0.25, 0.3) is 44.7 Å². The molecule has 8 heteroatoms. The number of aromatic nitrogens is 6. The zero-order valence-corrected chi connectivity index (χ0v) is 21.6. The van der Waals surface area contributed by atoms with Gasteiger partial charge in [-0.3, -0.25) is 4.68 Å². The van der Waals surface area contributed by atoms with Crippen LogP contribution in [0.4, 0.5) is 0 Å². The summed E-state index contributed by atoms with van der Waals surface area (Å²) in [6.07, 6.45) is 7.35. The third-order valence-electron chi connectivity index (χ3n) is 6.01. The van der Waals surface area contributed by atoms with Gasteiger partial charge in [0.25, 0.3) is 0 Å². The van der Waals surface area contributed by atoms with Gasteiger partial charge in [0.05, 0.1) is 29.4 Å². The van der Waals surface area contributed by atoms with Gasteiger partial charge in [-0.2, -0.15) is 5.10 Å². The lowest BCUT2D eigenvalue weighted by Gasteiger charge is -2.16. The molecule has 0 saturated heterocycles. The lowest BCUT2D eigenvalue weighted by atomic mass is 10.0. The summed E-state index contributed by atoms with van der Waals surface area (Å²) < 4.78 is 9.97. The molecule has 0 atom stereocenters. The molecule has 35 heavy (non-hydrogen) atoms. The molecule has 178 valence electrons. The molecule has 0 radical (unpaired) electrons. The summed E-state index contributed by atoms with van der Waals surface area (Å²) in [6.45, 7) is 8.25. The van der Waals surface area contributed by atoms with Crippen LogP contribution in [0.5, 0.6) is 0 Å². The highest BCUT2D eigenvalue weighted by atomic mass is 28.3. The molecular formula is C27H30N6OSi. The summed E-state index contributed by atoms with van der Waals surface area (Å²) in [6, 6.07) is 17.6. The van der Waals surface area contributed by atoms with E-state index in [-0.39, 0.29) is 0 Å². The van der Waals surface area contributed by atoms with Crippen LogP contribution in [0.1, 0.15) is 0 Å². The second kappa shape index (κ2) is 9.56. The Morgan fingerprint density at radius 2 is 1.71 bits per heavy atom. The minimum absolute atomic E-state index is 0.429. The molecule has 2 aromatic carbocycles. The van der Waals surface area contributed by atoms with E-state index in [1.807, 2.05) is 44.0 Å². The van der Waals surface area contributed by atoms with Crippen LogP contribution in [0.2, 0.25) is 25.7 Å². The van der Waals surface area contributed by atoms with Crippen LogP contribution in [0, 0.1) is 0 Å². The SMILES string of the molecule is Cn1cc(-c2ccc3c(-c4c(-c5ccccc5)ncn4COCC[Si](C)(C)C)ncnc3c2)cn1. The Bertz CT molecular complexity index is 1450. The highest BCUT2D eigenvalue weighted by Gasteiger charge is 2.20. The predicted octanol–water partition coefficient (Wildman–Crippen LogP) is 5.87. The first-order chi connectivity index (χ1) is 16.9. The Morgan fingerprint density at radius 3 is 2.46 bits per heavy atom. The summed E-state index contributed by atoms with van der Waals surface area (Å²) in [5.41, 5.74) is 6.71. The van der Waals surface area contributed by atoms with E-state index in [4.69, 9.17) is 14.7 Å². The van der Waals surface area contributed by atoms with Crippen LogP contribution < -0.4 is 0 Å². The molecule has 0 aliphatic rings. The number of fused-ring (bicyclic) bond motifs is 1. The molecule has 0 amide bonds. The maximum Gasteiger partial charge on any atom is 0.124 e. The fourth-order valence-electron chi connectivity index (χ4n) is 4.07. The van der Waals surface area contributed by atoms with Crippen LogP contribution in [0.3, 0.4) is 0 Å². The standard InChI is InChI=1S/C27H30N6OSi/c1-32-16-22(15-31-32)21-10-11-23-24(14-21)28-17-29-26(23)27-25(20-8-6-5-7-9-20)30-18-33(27)19-34-12-13-35(2,3)4/h5-11,14-18H,12-13,19H2,1-4H3. The molecule has 0 unspecified atom stereocenters. The summed E-state index contributed by atoms with van der Waals surface area (Å²) in [5.74, 6) is 0. The van der Waals surface area contributed by atoms with Crippen LogP contribution in [-0.2, 0) is 18.5 Å². The Balaban J connectivity index is 1.57. The maximum atomic E-state index is 6.10. The Labute approximate surface area is 206 Å². The van der Waals surface area contributed by atoms with Gasteiger partial charge >= 0.3 is 0 Å². The Morgan fingerprint density at radius 1 is 0.886 bits per heavy atom. The number of nitrogens with zero attached hydrogens (tertiary/aromatic N) is 6. The zero-order chi connectivity index (χ0) is 24.4. The van der Waals surface area contributed by atoms with Gasteiger partial charge in [0.1, 0.15) is 18.8 Å². The second-order valence-corrected chi connectivity index (χ2v) is 15.6. The van der Waals surface area contributed by atoms with Crippen molar-refractivity contribution in [3.05, 3.63) is 73.6 Å². The number of imidazole rings is 1. The molecule has 5 aromatic rings. The number of aryl methyl sites for hydroxylation is 1. The van der Waals surface area contributed by atoms with Crippen molar-refractivity contribution in [3.63, 3.8) is 0 Å². The fourth-order valence-corrected chi connectivity index (χ4v) is 4.83. The van der Waals surface area contributed by atoms with Crippen molar-refractivity contribution in [2.24, 2.45) is 7.05 Å². The van der Waals surface area contributed by atoms with Gasteiger partial charge in [-0.05, 0) is 23.7 Å². The molecule has 0 saturated carbocycles. The van der Waals surface area contributed by atoms with Crippen molar-refractivity contribution >= 4 is 19.0 Å². The van der Waals surface area contributed by atoms with Crippen molar-refractivity contribution in [2.45, 2.75) is 32.4 Å². The maximum absolute atomic E-state index is 6.10. The first kappa shape index (κ1) is 23.1. The molecule has 0 aliphatic carbocycles. The highest BCUT2D eigenvalue weighted by molar-refractivity contribution is 6.76. The van der Waals surface area contributed by atoms with Crippen LogP contribution >= 0.6 is 0 Å². The van der Waals surface area contributed by atoms with Gasteiger partial charge < -0.3 is 9.30 Å². The van der Waals surface area contributed by atoms with Gasteiger partial charge in [-0.1, -0.05) is 56.0 Å². The summed E-state index contributed by atoms with van der Waals surface area (Å²) >= 11 is 0. The molecule has 0 bridgehead atoms. The lowest BCUT2D eigenvalue weighted by Crippen LogP contribution is -2.22. The molecule has 3 aromatic heterocycles. The van der Waals surface area contributed by atoms with Crippen molar-refractivity contribution in [1.29, 1.82) is 0 Å².